The molecule has 52 valence electrons. The fourth-order valence-electron chi connectivity index (χ4n) is 0.293. The number of hydrazone groups is 1. The second-order valence-electron chi connectivity index (χ2n) is 1.99. The van der Waals surface area contributed by atoms with Gasteiger partial charge in [0.1, 0.15) is 0 Å². The quantitative estimate of drug-likeness (QED) is 0.450. The zero-order valence-corrected chi connectivity index (χ0v) is 6.36. The lowest BCUT2D eigenvalue weighted by Gasteiger charge is -1.97. The molecule has 0 atom stereocenters. The van der Waals surface area contributed by atoms with Gasteiger partial charge in [0.15, 0.2) is 0 Å². The molecular weight excluding hydrogens is 112 g/mol. The topological polar surface area (TPSA) is 24.4 Å². The largest absolute Gasteiger partial charge is 0.310 e. The van der Waals surface area contributed by atoms with Crippen LogP contribution in [0.5, 0.6) is 0 Å². The Bertz CT molecular complexity index is 125. The molecule has 0 amide bonds. The number of rotatable bonds is 3. The number of nitrogens with zero attached hydrogens (tertiary/aromatic N) is 1. The van der Waals surface area contributed by atoms with Gasteiger partial charge in [-0.3, -0.25) is 0 Å². The fourth-order valence-corrected chi connectivity index (χ4v) is 0.293. The van der Waals surface area contributed by atoms with Crippen molar-refractivity contribution >= 4 is 5.71 Å². The maximum Gasteiger partial charge on any atom is 0.0595 e. The first-order valence-electron chi connectivity index (χ1n) is 3.11. The minimum atomic E-state index is 0.866. The van der Waals surface area contributed by atoms with Crippen molar-refractivity contribution in [2.45, 2.75) is 20.8 Å². The van der Waals surface area contributed by atoms with Gasteiger partial charge in [0, 0.05) is 6.54 Å². The zero-order chi connectivity index (χ0) is 7.28. The van der Waals surface area contributed by atoms with Gasteiger partial charge in [-0.05, 0) is 26.3 Å². The molecule has 0 heterocycles. The molecule has 0 fully saturated rings. The molecule has 0 saturated carbocycles. The van der Waals surface area contributed by atoms with E-state index in [4.69, 9.17) is 0 Å². The summed E-state index contributed by atoms with van der Waals surface area (Å²) in [5.41, 5.74) is 4.84. The molecule has 0 aliphatic rings. The van der Waals surface area contributed by atoms with Crippen molar-refractivity contribution < 1.29 is 0 Å². The molecule has 0 unspecified atom stereocenters. The molecule has 0 rings (SSSR count). The summed E-state index contributed by atoms with van der Waals surface area (Å²) in [5.74, 6) is 0. The van der Waals surface area contributed by atoms with Crippen LogP contribution in [0.2, 0.25) is 0 Å². The molecule has 0 aromatic heterocycles. The van der Waals surface area contributed by atoms with Crippen LogP contribution in [0.15, 0.2) is 17.3 Å². The minimum absolute atomic E-state index is 0.866. The van der Waals surface area contributed by atoms with Crippen molar-refractivity contribution in [2.75, 3.05) is 6.54 Å². The van der Waals surface area contributed by atoms with Gasteiger partial charge in [0.05, 0.1) is 5.71 Å². The first-order valence-corrected chi connectivity index (χ1v) is 3.11. The molecule has 0 aliphatic heterocycles. The smallest absolute Gasteiger partial charge is 0.0595 e. The third-order valence-corrected chi connectivity index (χ3v) is 1.02. The summed E-state index contributed by atoms with van der Waals surface area (Å²) in [6, 6.07) is 0. The van der Waals surface area contributed by atoms with E-state index in [-0.39, 0.29) is 0 Å². The molecule has 0 aromatic rings. The summed E-state index contributed by atoms with van der Waals surface area (Å²) in [4.78, 5) is 0. The van der Waals surface area contributed by atoms with Crippen LogP contribution in [-0.4, -0.2) is 12.3 Å². The van der Waals surface area contributed by atoms with Crippen LogP contribution in [-0.2, 0) is 0 Å². The lowest BCUT2D eigenvalue weighted by Crippen LogP contribution is -2.07. The van der Waals surface area contributed by atoms with Crippen LogP contribution in [0, 0.1) is 0 Å². The van der Waals surface area contributed by atoms with Gasteiger partial charge >= 0.3 is 0 Å². The summed E-state index contributed by atoms with van der Waals surface area (Å²) in [5, 5.41) is 4.01. The van der Waals surface area contributed by atoms with Gasteiger partial charge in [-0.25, -0.2) is 0 Å². The molecule has 9 heavy (non-hydrogen) atoms. The monoisotopic (exact) mass is 126 g/mol. The molecule has 0 aromatic carbocycles. The highest BCUT2D eigenvalue weighted by molar-refractivity contribution is 5.96. The lowest BCUT2D eigenvalue weighted by molar-refractivity contribution is 0.782. The van der Waals surface area contributed by atoms with Crippen molar-refractivity contribution in [1.29, 1.82) is 0 Å². The highest BCUT2D eigenvalue weighted by atomic mass is 15.3. The summed E-state index contributed by atoms with van der Waals surface area (Å²) >= 11 is 0. The zero-order valence-electron chi connectivity index (χ0n) is 6.36. The van der Waals surface area contributed by atoms with Crippen LogP contribution in [0.3, 0.4) is 0 Å². The van der Waals surface area contributed by atoms with E-state index in [9.17, 15) is 0 Å². The van der Waals surface area contributed by atoms with E-state index in [2.05, 4.69) is 17.1 Å². The Labute approximate surface area is 56.7 Å². The average molecular weight is 126 g/mol. The Kier molecular flexibility index (Phi) is 3.76. The second kappa shape index (κ2) is 4.13. The Hall–Kier alpha value is -0.790. The van der Waals surface area contributed by atoms with Crippen LogP contribution in [0.25, 0.3) is 0 Å². The first kappa shape index (κ1) is 8.21. The third-order valence-electron chi connectivity index (χ3n) is 1.02. The van der Waals surface area contributed by atoms with Crippen molar-refractivity contribution in [3.05, 3.63) is 12.2 Å². The van der Waals surface area contributed by atoms with Crippen molar-refractivity contribution in [3.8, 4) is 0 Å². The number of hydrogen-bond acceptors (Lipinski definition) is 2. The van der Waals surface area contributed by atoms with Crippen LogP contribution < -0.4 is 5.43 Å². The molecule has 2 nitrogen and oxygen atoms in total. The molecular formula is C7H14N2. The van der Waals surface area contributed by atoms with E-state index in [1.807, 2.05) is 20.8 Å². The van der Waals surface area contributed by atoms with Gasteiger partial charge in [-0.1, -0.05) is 6.58 Å². The van der Waals surface area contributed by atoms with E-state index < -0.39 is 0 Å². The first-order chi connectivity index (χ1) is 4.18. The maximum absolute atomic E-state index is 4.01. The number of nitrogens with one attached hydrogen (secondary N) is 1. The molecule has 0 bridgehead atoms. The molecule has 1 N–H and O–H groups in total. The predicted molar refractivity (Wildman–Crippen MR) is 41.6 cm³/mol. The highest BCUT2D eigenvalue weighted by Crippen LogP contribution is 1.89. The number of allylic oxidation sites excluding steroid dienone is 1. The Morgan fingerprint density at radius 3 is 2.44 bits per heavy atom. The Morgan fingerprint density at radius 2 is 2.11 bits per heavy atom. The average Bonchev–Trinajstić information content (AvgIpc) is 1.82. The standard InChI is InChI=1S/C7H14N2/c1-5-8-9-7(4)6(2)3/h8H,2,5H2,1,3-4H3. The summed E-state index contributed by atoms with van der Waals surface area (Å²) in [6.45, 7) is 10.5. The van der Waals surface area contributed by atoms with E-state index in [0.29, 0.717) is 0 Å². The second-order valence-corrected chi connectivity index (χ2v) is 1.99. The molecule has 2 heteroatoms. The summed E-state index contributed by atoms with van der Waals surface area (Å²) in [7, 11) is 0. The van der Waals surface area contributed by atoms with Gasteiger partial charge in [0.25, 0.3) is 0 Å². The normalized spacial score (nSPS) is 11.2. The van der Waals surface area contributed by atoms with Crippen molar-refractivity contribution in [2.24, 2.45) is 5.10 Å². The number of hydrogen-bond donors (Lipinski definition) is 1. The maximum atomic E-state index is 4.01. The summed E-state index contributed by atoms with van der Waals surface area (Å²) < 4.78 is 0. The predicted octanol–water partition coefficient (Wildman–Crippen LogP) is 1.55. The summed E-state index contributed by atoms with van der Waals surface area (Å²) in [6.07, 6.45) is 0. The van der Waals surface area contributed by atoms with Gasteiger partial charge in [0.2, 0.25) is 0 Å². The van der Waals surface area contributed by atoms with Crippen LogP contribution >= 0.6 is 0 Å². The third kappa shape index (κ3) is 3.76. The van der Waals surface area contributed by atoms with E-state index in [1.54, 1.807) is 0 Å². The molecule has 0 saturated heterocycles. The highest BCUT2D eigenvalue weighted by Gasteiger charge is 1.87. The molecule has 0 spiro atoms. The van der Waals surface area contributed by atoms with Crippen molar-refractivity contribution in [1.82, 2.24) is 5.43 Å². The van der Waals surface area contributed by atoms with Gasteiger partial charge < -0.3 is 5.43 Å². The fraction of sp³-hybridized carbons (Fsp3) is 0.571. The SMILES string of the molecule is C=C(C)C(C)=NNCC. The van der Waals surface area contributed by atoms with E-state index >= 15 is 0 Å². The van der Waals surface area contributed by atoms with Gasteiger partial charge in [-0.15, -0.1) is 0 Å². The van der Waals surface area contributed by atoms with Gasteiger partial charge in [-0.2, -0.15) is 5.10 Å². The molecule has 0 aliphatic carbocycles. The molecule has 0 radical (unpaired) electrons. The van der Waals surface area contributed by atoms with Crippen LogP contribution in [0.4, 0.5) is 0 Å². The van der Waals surface area contributed by atoms with Crippen molar-refractivity contribution in [3.63, 3.8) is 0 Å². The van der Waals surface area contributed by atoms with E-state index in [0.717, 1.165) is 17.8 Å². The Morgan fingerprint density at radius 1 is 1.56 bits per heavy atom. The Balaban J connectivity index is 3.69. The van der Waals surface area contributed by atoms with Crippen LogP contribution in [0.1, 0.15) is 20.8 Å². The lowest BCUT2D eigenvalue weighted by atomic mass is 10.2. The minimum Gasteiger partial charge on any atom is -0.310 e. The van der Waals surface area contributed by atoms with E-state index in [1.165, 1.54) is 0 Å².